The number of hydrogen-bond donors (Lipinski definition) is 2. The van der Waals surface area contributed by atoms with E-state index in [-0.39, 0.29) is 23.2 Å². The highest BCUT2D eigenvalue weighted by atomic mass is 19.1. The van der Waals surface area contributed by atoms with Crippen LogP contribution in [0.25, 0.3) is 10.9 Å². The number of ether oxygens (including phenoxy) is 1. The van der Waals surface area contributed by atoms with Gasteiger partial charge in [0.1, 0.15) is 17.7 Å². The number of anilines is 1. The number of nitrogens with zero attached hydrogens (tertiary/aromatic N) is 1. The number of aromatic amines is 1. The Morgan fingerprint density at radius 3 is 2.78 bits per heavy atom. The molecule has 0 spiro atoms. The van der Waals surface area contributed by atoms with Gasteiger partial charge in [-0.25, -0.2) is 9.18 Å². The minimum absolute atomic E-state index is 0.0247. The first kappa shape index (κ1) is 18.4. The Labute approximate surface area is 153 Å². The first-order valence-electron chi connectivity index (χ1n) is 8.38. The second-order valence-electron chi connectivity index (χ2n) is 5.90. The van der Waals surface area contributed by atoms with Gasteiger partial charge in [-0.15, -0.1) is 0 Å². The molecule has 1 aromatic carbocycles. The second-order valence-corrected chi connectivity index (χ2v) is 5.90. The topological polar surface area (TPSA) is 93.2 Å². The predicted molar refractivity (Wildman–Crippen MR) is 98.4 cm³/mol. The van der Waals surface area contributed by atoms with Crippen molar-refractivity contribution in [3.05, 3.63) is 64.5 Å². The molecule has 0 bridgehead atoms. The lowest BCUT2D eigenvalue weighted by Gasteiger charge is -2.16. The number of carbonyl (C=O) groups excluding carboxylic acids is 2. The molecule has 2 aromatic heterocycles. The zero-order chi connectivity index (χ0) is 19.4. The van der Waals surface area contributed by atoms with Gasteiger partial charge in [0.15, 0.2) is 0 Å². The van der Waals surface area contributed by atoms with Gasteiger partial charge >= 0.3 is 5.97 Å². The van der Waals surface area contributed by atoms with Gasteiger partial charge < -0.3 is 24.4 Å². The normalized spacial score (nSPS) is 11.9. The summed E-state index contributed by atoms with van der Waals surface area (Å²) < 4.78 is 21.1. The van der Waals surface area contributed by atoms with Crippen molar-refractivity contribution in [1.82, 2.24) is 9.55 Å². The van der Waals surface area contributed by atoms with E-state index in [2.05, 4.69) is 10.3 Å². The molecule has 0 fully saturated rings. The van der Waals surface area contributed by atoms with Crippen molar-refractivity contribution in [3.63, 3.8) is 0 Å². The van der Waals surface area contributed by atoms with Crippen LogP contribution in [0.5, 0.6) is 0 Å². The Morgan fingerprint density at radius 2 is 2.11 bits per heavy atom. The van der Waals surface area contributed by atoms with Crippen LogP contribution in [0.1, 0.15) is 17.3 Å². The largest absolute Gasteiger partial charge is 0.462 e. The molecule has 8 heteroatoms. The van der Waals surface area contributed by atoms with Crippen molar-refractivity contribution in [1.29, 1.82) is 0 Å². The van der Waals surface area contributed by atoms with E-state index >= 15 is 0 Å². The molecule has 0 saturated carbocycles. The number of aromatic nitrogens is 2. The number of aldehydes is 1. The lowest BCUT2D eigenvalue weighted by atomic mass is 10.1. The minimum atomic E-state index is -0.768. The van der Waals surface area contributed by atoms with Gasteiger partial charge in [-0.2, -0.15) is 0 Å². The van der Waals surface area contributed by atoms with Crippen LogP contribution in [-0.4, -0.2) is 34.5 Å². The molecule has 0 radical (unpaired) electrons. The summed E-state index contributed by atoms with van der Waals surface area (Å²) in [7, 11) is 0. The number of fused-ring (bicyclic) bond motifs is 1. The van der Waals surface area contributed by atoms with Crippen LogP contribution in [-0.2, 0) is 16.1 Å². The Kier molecular flexibility index (Phi) is 5.35. The number of hydrogen-bond acceptors (Lipinski definition) is 5. The predicted octanol–water partition coefficient (Wildman–Crippen LogP) is 2.33. The van der Waals surface area contributed by atoms with E-state index in [1.807, 2.05) is 12.1 Å². The summed E-state index contributed by atoms with van der Waals surface area (Å²) in [6.07, 6.45) is 5.52. The Hall–Kier alpha value is -3.42. The van der Waals surface area contributed by atoms with Gasteiger partial charge in [0.25, 0.3) is 0 Å². The third kappa shape index (κ3) is 3.89. The quantitative estimate of drug-likeness (QED) is 0.491. The Balaban J connectivity index is 1.92. The van der Waals surface area contributed by atoms with E-state index < -0.39 is 23.3 Å². The monoisotopic (exact) mass is 371 g/mol. The van der Waals surface area contributed by atoms with Crippen molar-refractivity contribution >= 4 is 28.8 Å². The van der Waals surface area contributed by atoms with Crippen molar-refractivity contribution in [3.8, 4) is 0 Å². The molecular weight excluding hydrogens is 353 g/mol. The summed E-state index contributed by atoms with van der Waals surface area (Å²) in [5.41, 5.74) is -0.399. The summed E-state index contributed by atoms with van der Waals surface area (Å²) >= 11 is 0. The molecule has 1 atom stereocenters. The number of carbonyl (C=O) groups is 2. The molecule has 2 N–H and O–H groups in total. The first-order chi connectivity index (χ1) is 13.0. The molecular formula is C19H18FN3O4. The van der Waals surface area contributed by atoms with Crippen molar-refractivity contribution < 1.29 is 18.7 Å². The second kappa shape index (κ2) is 7.86. The van der Waals surface area contributed by atoms with Gasteiger partial charge in [-0.1, -0.05) is 0 Å². The highest BCUT2D eigenvalue weighted by Crippen LogP contribution is 2.21. The molecule has 0 aliphatic rings. The highest BCUT2D eigenvalue weighted by Gasteiger charge is 2.17. The maximum absolute atomic E-state index is 14.5. The van der Waals surface area contributed by atoms with Gasteiger partial charge in [-0.3, -0.25) is 4.79 Å². The van der Waals surface area contributed by atoms with E-state index in [1.165, 1.54) is 12.3 Å². The number of nitrogens with one attached hydrogen (secondary N) is 2. The summed E-state index contributed by atoms with van der Waals surface area (Å²) in [5.74, 6) is -1.47. The van der Waals surface area contributed by atoms with Crippen LogP contribution in [0.2, 0.25) is 0 Å². The van der Waals surface area contributed by atoms with Gasteiger partial charge in [0.05, 0.1) is 23.9 Å². The molecule has 3 aromatic rings. The molecule has 3 rings (SSSR count). The van der Waals surface area contributed by atoms with Crippen molar-refractivity contribution in [2.75, 3.05) is 11.9 Å². The van der Waals surface area contributed by atoms with E-state index in [1.54, 1.807) is 23.9 Å². The number of halogens is 1. The van der Waals surface area contributed by atoms with Crippen LogP contribution < -0.4 is 10.7 Å². The third-order valence-electron chi connectivity index (χ3n) is 4.04. The maximum Gasteiger partial charge on any atom is 0.343 e. The van der Waals surface area contributed by atoms with E-state index in [0.29, 0.717) is 18.3 Å². The number of esters is 1. The maximum atomic E-state index is 14.5. The van der Waals surface area contributed by atoms with Crippen molar-refractivity contribution in [2.24, 2.45) is 0 Å². The fourth-order valence-electron chi connectivity index (χ4n) is 2.75. The van der Waals surface area contributed by atoms with Crippen molar-refractivity contribution in [2.45, 2.75) is 19.5 Å². The van der Waals surface area contributed by atoms with E-state index in [0.717, 1.165) is 6.07 Å². The van der Waals surface area contributed by atoms with Gasteiger partial charge in [0.2, 0.25) is 5.43 Å². The number of H-pyrrole nitrogens is 1. The average Bonchev–Trinajstić information content (AvgIpc) is 3.16. The molecule has 7 nitrogen and oxygen atoms in total. The third-order valence-corrected chi connectivity index (χ3v) is 4.04. The molecule has 0 amide bonds. The molecule has 0 aliphatic carbocycles. The Bertz CT molecular complexity index is 1030. The standard InChI is InChI=1S/C19H18FN3O4/c1-2-27-19(26)14-9-21-16-8-17(15(20)7-13(16)18(14)25)22-12(11-24)10-23-5-3-4-6-23/h3-9,11-12,22H,2,10H2,1H3,(H,21,25). The van der Waals surface area contributed by atoms with Gasteiger partial charge in [0, 0.05) is 30.5 Å². The summed E-state index contributed by atoms with van der Waals surface area (Å²) in [4.78, 5) is 38.4. The highest BCUT2D eigenvalue weighted by molar-refractivity contribution is 5.94. The van der Waals surface area contributed by atoms with Crippen LogP contribution in [0.15, 0.2) is 47.7 Å². The fourth-order valence-corrected chi connectivity index (χ4v) is 2.75. The van der Waals surface area contributed by atoms with E-state index in [9.17, 15) is 18.8 Å². The zero-order valence-electron chi connectivity index (χ0n) is 14.6. The number of rotatable bonds is 7. The Morgan fingerprint density at radius 1 is 1.37 bits per heavy atom. The summed E-state index contributed by atoms with van der Waals surface area (Å²) in [6.45, 7) is 2.08. The molecule has 2 heterocycles. The van der Waals surface area contributed by atoms with Crippen LogP contribution in [0.4, 0.5) is 10.1 Å². The molecule has 140 valence electrons. The van der Waals surface area contributed by atoms with Crippen LogP contribution in [0.3, 0.4) is 0 Å². The SMILES string of the molecule is CCOC(=O)c1c[nH]c2cc(NC(C=O)Cn3cccc3)c(F)cc2c1=O. The van der Waals surface area contributed by atoms with E-state index in [4.69, 9.17) is 4.74 Å². The summed E-state index contributed by atoms with van der Waals surface area (Å²) in [6, 6.07) is 5.42. The molecule has 1 unspecified atom stereocenters. The van der Waals surface area contributed by atoms with Crippen LogP contribution in [0, 0.1) is 5.82 Å². The lowest BCUT2D eigenvalue weighted by molar-refractivity contribution is -0.108. The average molecular weight is 371 g/mol. The lowest BCUT2D eigenvalue weighted by Crippen LogP contribution is -2.27. The molecule has 0 aliphatic heterocycles. The molecule has 0 saturated heterocycles. The number of benzene rings is 1. The minimum Gasteiger partial charge on any atom is -0.462 e. The smallest absolute Gasteiger partial charge is 0.343 e. The zero-order valence-corrected chi connectivity index (χ0v) is 14.6. The van der Waals surface area contributed by atoms with Gasteiger partial charge in [-0.05, 0) is 31.2 Å². The fraction of sp³-hybridized carbons (Fsp3) is 0.211. The first-order valence-corrected chi connectivity index (χ1v) is 8.38. The number of pyridine rings is 1. The van der Waals surface area contributed by atoms with Crippen LogP contribution >= 0.6 is 0 Å². The molecule has 27 heavy (non-hydrogen) atoms. The summed E-state index contributed by atoms with van der Waals surface area (Å²) in [5, 5.41) is 2.85.